The fourth-order valence-corrected chi connectivity index (χ4v) is 4.25. The van der Waals surface area contributed by atoms with E-state index < -0.39 is 5.60 Å². The molecule has 0 N–H and O–H groups in total. The first-order valence-corrected chi connectivity index (χ1v) is 10.8. The van der Waals surface area contributed by atoms with Crippen LogP contribution in [0.1, 0.15) is 51.2 Å². The van der Waals surface area contributed by atoms with Crippen molar-refractivity contribution in [2.45, 2.75) is 50.5 Å². The van der Waals surface area contributed by atoms with Gasteiger partial charge >= 0.3 is 0 Å². The van der Waals surface area contributed by atoms with E-state index in [0.717, 1.165) is 22.6 Å². The van der Waals surface area contributed by atoms with Gasteiger partial charge in [-0.3, -0.25) is 0 Å². The van der Waals surface area contributed by atoms with Crippen LogP contribution in [0, 0.1) is 0 Å². The molecule has 4 aromatic carbocycles. The van der Waals surface area contributed by atoms with Gasteiger partial charge in [-0.2, -0.15) is 0 Å². The quantitative estimate of drug-likeness (QED) is 0.263. The lowest BCUT2D eigenvalue weighted by Crippen LogP contribution is -2.25. The van der Waals surface area contributed by atoms with Crippen molar-refractivity contribution in [3.05, 3.63) is 83.9 Å². The average Bonchev–Trinajstić information content (AvgIpc) is 2.73. The Kier molecular flexibility index (Phi) is 5.31. The minimum Gasteiger partial charge on any atom is -0.483 e. The SMILES string of the molecule is CCC(C)c1ccc(OC(C)(C)c2ccc3c(S)cc4ccccc4c3c2)cc1. The molecule has 0 heterocycles. The van der Waals surface area contributed by atoms with E-state index in [1.54, 1.807) is 0 Å². The molecule has 0 aliphatic rings. The van der Waals surface area contributed by atoms with Crippen LogP contribution in [0.25, 0.3) is 21.5 Å². The van der Waals surface area contributed by atoms with Crippen molar-refractivity contribution in [2.24, 2.45) is 0 Å². The highest BCUT2D eigenvalue weighted by Gasteiger charge is 2.23. The molecular weight excluding hydrogens is 372 g/mol. The number of rotatable bonds is 5. The van der Waals surface area contributed by atoms with Gasteiger partial charge in [0, 0.05) is 4.90 Å². The Morgan fingerprint density at radius 3 is 2.31 bits per heavy atom. The zero-order chi connectivity index (χ0) is 20.6. The summed E-state index contributed by atoms with van der Waals surface area (Å²) < 4.78 is 6.43. The Morgan fingerprint density at radius 1 is 0.862 bits per heavy atom. The van der Waals surface area contributed by atoms with Gasteiger partial charge in [-0.05, 0) is 83.1 Å². The summed E-state index contributed by atoms with van der Waals surface area (Å²) in [6.07, 6.45) is 1.14. The highest BCUT2D eigenvalue weighted by molar-refractivity contribution is 7.80. The largest absolute Gasteiger partial charge is 0.483 e. The Balaban J connectivity index is 1.72. The third-order valence-corrected chi connectivity index (χ3v) is 6.34. The van der Waals surface area contributed by atoms with Crippen molar-refractivity contribution in [3.63, 3.8) is 0 Å². The van der Waals surface area contributed by atoms with Crippen molar-refractivity contribution in [1.82, 2.24) is 0 Å². The third kappa shape index (κ3) is 3.86. The molecule has 0 fully saturated rings. The summed E-state index contributed by atoms with van der Waals surface area (Å²) in [5, 5.41) is 4.84. The topological polar surface area (TPSA) is 9.23 Å². The molecule has 0 saturated carbocycles. The van der Waals surface area contributed by atoms with Crippen LogP contribution in [0.2, 0.25) is 0 Å². The summed E-state index contributed by atoms with van der Waals surface area (Å²) in [5.74, 6) is 1.47. The van der Waals surface area contributed by atoms with Gasteiger partial charge in [0.05, 0.1) is 0 Å². The zero-order valence-corrected chi connectivity index (χ0v) is 18.5. The molecule has 148 valence electrons. The van der Waals surface area contributed by atoms with E-state index >= 15 is 0 Å². The van der Waals surface area contributed by atoms with Crippen molar-refractivity contribution in [3.8, 4) is 5.75 Å². The maximum Gasteiger partial charge on any atom is 0.128 e. The molecule has 29 heavy (non-hydrogen) atoms. The molecule has 2 heteroatoms. The van der Waals surface area contributed by atoms with Crippen molar-refractivity contribution >= 4 is 34.2 Å². The number of ether oxygens (including phenoxy) is 1. The molecule has 0 aliphatic carbocycles. The standard InChI is InChI=1S/C27H28OS/c1-5-18(2)19-10-13-22(14-11-19)28-27(3,4)21-12-15-24-25(17-21)23-9-7-6-8-20(23)16-26(24)29/h6-18,29H,5H2,1-4H3. The van der Waals surface area contributed by atoms with Gasteiger partial charge in [-0.25, -0.2) is 0 Å². The second kappa shape index (κ2) is 7.76. The molecule has 1 nitrogen and oxygen atoms in total. The summed E-state index contributed by atoms with van der Waals surface area (Å²) in [6, 6.07) is 25.7. The molecule has 0 saturated heterocycles. The lowest BCUT2D eigenvalue weighted by molar-refractivity contribution is 0.109. The first-order chi connectivity index (χ1) is 13.9. The Bertz CT molecular complexity index is 1160. The van der Waals surface area contributed by atoms with Gasteiger partial charge < -0.3 is 4.74 Å². The molecule has 4 rings (SSSR count). The number of fused-ring (bicyclic) bond motifs is 3. The molecule has 1 unspecified atom stereocenters. The summed E-state index contributed by atoms with van der Waals surface area (Å²) in [7, 11) is 0. The first kappa shape index (κ1) is 19.8. The predicted octanol–water partition coefficient (Wildman–Crippen LogP) is 8.11. The van der Waals surface area contributed by atoms with E-state index in [2.05, 4.69) is 100 Å². The van der Waals surface area contributed by atoms with Gasteiger partial charge in [0.1, 0.15) is 11.4 Å². The minimum absolute atomic E-state index is 0.445. The molecule has 0 aromatic heterocycles. The molecule has 0 amide bonds. The third-order valence-electron chi connectivity index (χ3n) is 5.97. The van der Waals surface area contributed by atoms with Crippen molar-refractivity contribution < 1.29 is 4.74 Å². The van der Waals surface area contributed by atoms with Gasteiger partial charge in [-0.1, -0.05) is 62.4 Å². The van der Waals surface area contributed by atoms with Gasteiger partial charge in [0.15, 0.2) is 0 Å². The summed E-state index contributed by atoms with van der Waals surface area (Å²) in [6.45, 7) is 8.74. The second-order valence-corrected chi connectivity index (χ2v) is 8.85. The van der Waals surface area contributed by atoms with E-state index in [1.165, 1.54) is 27.1 Å². The molecule has 0 spiro atoms. The van der Waals surface area contributed by atoms with Gasteiger partial charge in [0.2, 0.25) is 0 Å². The lowest BCUT2D eigenvalue weighted by atomic mass is 9.93. The summed E-state index contributed by atoms with van der Waals surface area (Å²) >= 11 is 4.72. The van der Waals surface area contributed by atoms with E-state index in [0.29, 0.717) is 5.92 Å². The molecule has 1 atom stereocenters. The number of thiol groups is 1. The van der Waals surface area contributed by atoms with E-state index in [-0.39, 0.29) is 0 Å². The van der Waals surface area contributed by atoms with Crippen LogP contribution in [-0.2, 0) is 5.60 Å². The number of hydrogen-bond donors (Lipinski definition) is 1. The molecule has 0 radical (unpaired) electrons. The Morgan fingerprint density at radius 2 is 1.59 bits per heavy atom. The highest BCUT2D eigenvalue weighted by Crippen LogP contribution is 2.35. The fourth-order valence-electron chi connectivity index (χ4n) is 3.91. The Hall–Kier alpha value is -2.45. The second-order valence-electron chi connectivity index (χ2n) is 8.37. The maximum atomic E-state index is 6.43. The molecular formula is C27H28OS. The normalized spacial score (nSPS) is 13.0. The fraction of sp³-hybridized carbons (Fsp3) is 0.259. The minimum atomic E-state index is -0.445. The van der Waals surface area contributed by atoms with Gasteiger partial charge in [0.25, 0.3) is 0 Å². The smallest absolute Gasteiger partial charge is 0.128 e. The molecule has 0 aliphatic heterocycles. The van der Waals surface area contributed by atoms with Crippen LogP contribution in [0.15, 0.2) is 77.7 Å². The summed E-state index contributed by atoms with van der Waals surface area (Å²) in [5.41, 5.74) is 2.07. The predicted molar refractivity (Wildman–Crippen MR) is 128 cm³/mol. The molecule has 4 aromatic rings. The van der Waals surface area contributed by atoms with Crippen LogP contribution in [0.4, 0.5) is 0 Å². The summed E-state index contributed by atoms with van der Waals surface area (Å²) in [4.78, 5) is 1.00. The van der Waals surface area contributed by atoms with Crippen LogP contribution in [0.5, 0.6) is 5.75 Å². The Labute approximate surface area is 179 Å². The number of benzene rings is 4. The van der Waals surface area contributed by atoms with Crippen LogP contribution in [0.3, 0.4) is 0 Å². The van der Waals surface area contributed by atoms with E-state index in [9.17, 15) is 0 Å². The molecule has 0 bridgehead atoms. The van der Waals surface area contributed by atoms with Crippen LogP contribution < -0.4 is 4.74 Å². The zero-order valence-electron chi connectivity index (χ0n) is 17.6. The average molecular weight is 401 g/mol. The van der Waals surface area contributed by atoms with Crippen LogP contribution >= 0.6 is 12.6 Å². The monoisotopic (exact) mass is 400 g/mol. The lowest BCUT2D eigenvalue weighted by Gasteiger charge is -2.28. The van der Waals surface area contributed by atoms with E-state index in [4.69, 9.17) is 17.4 Å². The van der Waals surface area contributed by atoms with Crippen molar-refractivity contribution in [1.29, 1.82) is 0 Å². The van der Waals surface area contributed by atoms with Gasteiger partial charge in [-0.15, -0.1) is 12.6 Å². The van der Waals surface area contributed by atoms with Crippen molar-refractivity contribution in [2.75, 3.05) is 0 Å². The maximum absolute atomic E-state index is 6.43. The number of hydrogen-bond acceptors (Lipinski definition) is 2. The first-order valence-electron chi connectivity index (χ1n) is 10.3. The van der Waals surface area contributed by atoms with Crippen LogP contribution in [-0.4, -0.2) is 0 Å². The van der Waals surface area contributed by atoms with E-state index in [1.807, 2.05) is 0 Å². The highest BCUT2D eigenvalue weighted by atomic mass is 32.1.